The average Bonchev–Trinajstić information content (AvgIpc) is 2.42. The number of rotatable bonds is 5. The highest BCUT2D eigenvalue weighted by Crippen LogP contribution is 2.29. The van der Waals surface area contributed by atoms with Gasteiger partial charge in [-0.2, -0.15) is 0 Å². The number of carbonyl (C=O) groups is 1. The van der Waals surface area contributed by atoms with Crippen LogP contribution in [0.2, 0.25) is 5.02 Å². The molecule has 2 aromatic rings. The molecule has 0 amide bonds. The number of aliphatic carboxylic acids is 1. The third kappa shape index (κ3) is 3.99. The first-order chi connectivity index (χ1) is 9.56. The van der Waals surface area contributed by atoms with Crippen molar-refractivity contribution >= 4 is 33.5 Å². The average molecular weight is 356 g/mol. The van der Waals surface area contributed by atoms with Gasteiger partial charge in [-0.15, -0.1) is 0 Å². The first-order valence-electron chi connectivity index (χ1n) is 5.94. The Kier molecular flexibility index (Phi) is 5.04. The highest BCUT2D eigenvalue weighted by molar-refractivity contribution is 9.10. The molecular formula is C15H12BrClO3. The van der Waals surface area contributed by atoms with Crippen LogP contribution in [0, 0.1) is 0 Å². The molecule has 1 N–H and O–H groups in total. The van der Waals surface area contributed by atoms with Gasteiger partial charge in [0.2, 0.25) is 0 Å². The minimum Gasteiger partial charge on any atom is -0.478 e. The molecular weight excluding hydrogens is 344 g/mol. The van der Waals surface area contributed by atoms with Gasteiger partial charge in [0.1, 0.15) is 5.75 Å². The lowest BCUT2D eigenvalue weighted by Crippen LogP contribution is -2.29. The first kappa shape index (κ1) is 14.9. The van der Waals surface area contributed by atoms with E-state index in [1.54, 1.807) is 18.2 Å². The maximum Gasteiger partial charge on any atom is 0.345 e. The van der Waals surface area contributed by atoms with Crippen molar-refractivity contribution in [1.29, 1.82) is 0 Å². The van der Waals surface area contributed by atoms with Gasteiger partial charge in [-0.3, -0.25) is 0 Å². The van der Waals surface area contributed by atoms with Gasteiger partial charge in [-0.1, -0.05) is 41.9 Å². The van der Waals surface area contributed by atoms with Gasteiger partial charge in [0.25, 0.3) is 0 Å². The van der Waals surface area contributed by atoms with Gasteiger partial charge in [0.15, 0.2) is 6.10 Å². The summed E-state index contributed by atoms with van der Waals surface area (Å²) in [6.45, 7) is 0. The lowest BCUT2D eigenvalue weighted by atomic mass is 10.1. The van der Waals surface area contributed by atoms with E-state index >= 15 is 0 Å². The Hall–Kier alpha value is -1.52. The maximum atomic E-state index is 11.3. The monoisotopic (exact) mass is 354 g/mol. The molecule has 0 aliphatic carbocycles. The van der Waals surface area contributed by atoms with Crippen molar-refractivity contribution in [2.24, 2.45) is 0 Å². The second-order valence-electron chi connectivity index (χ2n) is 4.21. The van der Waals surface area contributed by atoms with E-state index in [1.807, 2.05) is 30.3 Å². The van der Waals surface area contributed by atoms with Crippen molar-refractivity contribution in [3.8, 4) is 5.75 Å². The minimum atomic E-state index is -1.00. The van der Waals surface area contributed by atoms with Gasteiger partial charge < -0.3 is 9.84 Å². The van der Waals surface area contributed by atoms with Crippen molar-refractivity contribution in [2.45, 2.75) is 12.5 Å². The highest BCUT2D eigenvalue weighted by Gasteiger charge is 2.21. The largest absolute Gasteiger partial charge is 0.478 e. The molecule has 2 rings (SSSR count). The van der Waals surface area contributed by atoms with E-state index in [1.165, 1.54) is 0 Å². The number of ether oxygens (including phenoxy) is 1. The summed E-state index contributed by atoms with van der Waals surface area (Å²) >= 11 is 9.15. The van der Waals surface area contributed by atoms with Crippen LogP contribution < -0.4 is 4.74 Å². The Morgan fingerprint density at radius 3 is 2.55 bits per heavy atom. The maximum absolute atomic E-state index is 11.3. The van der Waals surface area contributed by atoms with Gasteiger partial charge in [0.05, 0.1) is 4.47 Å². The van der Waals surface area contributed by atoms with Gasteiger partial charge in [0, 0.05) is 11.4 Å². The predicted molar refractivity (Wildman–Crippen MR) is 81.3 cm³/mol. The molecule has 0 aliphatic heterocycles. The fraction of sp³-hybridized carbons (Fsp3) is 0.133. The molecule has 2 aromatic carbocycles. The Morgan fingerprint density at radius 2 is 1.95 bits per heavy atom. The van der Waals surface area contributed by atoms with Crippen LogP contribution in [-0.2, 0) is 11.2 Å². The number of hydrogen-bond donors (Lipinski definition) is 1. The molecule has 0 saturated heterocycles. The van der Waals surface area contributed by atoms with Crippen LogP contribution in [0.4, 0.5) is 0 Å². The third-order valence-corrected chi connectivity index (χ3v) is 3.56. The van der Waals surface area contributed by atoms with Crippen LogP contribution in [0.25, 0.3) is 0 Å². The molecule has 0 saturated carbocycles. The summed E-state index contributed by atoms with van der Waals surface area (Å²) in [6, 6.07) is 14.3. The van der Waals surface area contributed by atoms with Crippen LogP contribution in [0.5, 0.6) is 5.75 Å². The van der Waals surface area contributed by atoms with Crippen LogP contribution in [-0.4, -0.2) is 17.2 Å². The van der Waals surface area contributed by atoms with Crippen LogP contribution in [0.3, 0.4) is 0 Å². The lowest BCUT2D eigenvalue weighted by molar-refractivity contribution is -0.145. The molecule has 0 aromatic heterocycles. The molecule has 1 atom stereocenters. The molecule has 0 spiro atoms. The van der Waals surface area contributed by atoms with Crippen molar-refractivity contribution < 1.29 is 14.6 Å². The van der Waals surface area contributed by atoms with Crippen molar-refractivity contribution in [3.63, 3.8) is 0 Å². The zero-order valence-corrected chi connectivity index (χ0v) is 12.8. The van der Waals surface area contributed by atoms with Crippen LogP contribution >= 0.6 is 27.5 Å². The lowest BCUT2D eigenvalue weighted by Gasteiger charge is -2.16. The van der Waals surface area contributed by atoms with E-state index in [9.17, 15) is 9.90 Å². The Balaban J connectivity index is 2.15. The molecule has 0 aliphatic rings. The summed E-state index contributed by atoms with van der Waals surface area (Å²) in [5.41, 5.74) is 0.907. The molecule has 0 heterocycles. The van der Waals surface area contributed by atoms with Crippen LogP contribution in [0.1, 0.15) is 5.56 Å². The molecule has 0 bridgehead atoms. The van der Waals surface area contributed by atoms with Crippen molar-refractivity contribution in [2.75, 3.05) is 0 Å². The van der Waals surface area contributed by atoms with Crippen molar-refractivity contribution in [1.82, 2.24) is 0 Å². The molecule has 3 nitrogen and oxygen atoms in total. The van der Waals surface area contributed by atoms with Gasteiger partial charge in [-0.25, -0.2) is 4.79 Å². The smallest absolute Gasteiger partial charge is 0.345 e. The van der Waals surface area contributed by atoms with E-state index in [0.717, 1.165) is 5.56 Å². The number of carboxylic acids is 1. The Morgan fingerprint density at radius 1 is 1.25 bits per heavy atom. The molecule has 0 radical (unpaired) electrons. The fourth-order valence-corrected chi connectivity index (χ4v) is 2.51. The second kappa shape index (κ2) is 6.77. The summed E-state index contributed by atoms with van der Waals surface area (Å²) in [4.78, 5) is 11.3. The minimum absolute atomic E-state index is 0.297. The van der Waals surface area contributed by atoms with Crippen LogP contribution in [0.15, 0.2) is 53.0 Å². The first-order valence-corrected chi connectivity index (χ1v) is 7.12. The summed E-state index contributed by atoms with van der Waals surface area (Å²) in [5, 5.41) is 9.83. The van der Waals surface area contributed by atoms with E-state index in [2.05, 4.69) is 15.9 Å². The normalized spacial score (nSPS) is 11.9. The van der Waals surface area contributed by atoms with Gasteiger partial charge in [-0.05, 0) is 39.7 Å². The summed E-state index contributed by atoms with van der Waals surface area (Å²) < 4.78 is 6.19. The number of hydrogen-bond acceptors (Lipinski definition) is 2. The summed E-state index contributed by atoms with van der Waals surface area (Å²) in [6.07, 6.45) is -0.652. The molecule has 20 heavy (non-hydrogen) atoms. The molecule has 104 valence electrons. The SMILES string of the molecule is O=C(O)C(Cc1ccccc1)Oc1ccc(Cl)cc1Br. The molecule has 5 heteroatoms. The zero-order chi connectivity index (χ0) is 14.5. The van der Waals surface area contributed by atoms with Gasteiger partial charge >= 0.3 is 5.97 Å². The van der Waals surface area contributed by atoms with Crippen molar-refractivity contribution in [3.05, 3.63) is 63.6 Å². The van der Waals surface area contributed by atoms with E-state index in [-0.39, 0.29) is 0 Å². The highest BCUT2D eigenvalue weighted by atomic mass is 79.9. The standard InChI is InChI=1S/C15H12BrClO3/c16-12-9-11(17)6-7-13(12)20-14(15(18)19)8-10-4-2-1-3-5-10/h1-7,9,14H,8H2,(H,18,19). The quantitative estimate of drug-likeness (QED) is 0.875. The fourth-order valence-electron chi connectivity index (χ4n) is 1.73. The Labute approximate surface area is 130 Å². The Bertz CT molecular complexity index is 601. The van der Waals surface area contributed by atoms with E-state index in [4.69, 9.17) is 16.3 Å². The second-order valence-corrected chi connectivity index (χ2v) is 5.50. The molecule has 1 unspecified atom stereocenters. The number of benzene rings is 2. The third-order valence-electron chi connectivity index (χ3n) is 2.70. The topological polar surface area (TPSA) is 46.5 Å². The summed E-state index contributed by atoms with van der Waals surface area (Å²) in [5.74, 6) is -0.548. The molecule has 0 fully saturated rings. The number of carboxylic acid groups (broad SMARTS) is 1. The summed E-state index contributed by atoms with van der Waals surface area (Å²) in [7, 11) is 0. The van der Waals surface area contributed by atoms with E-state index in [0.29, 0.717) is 21.7 Å². The van der Waals surface area contributed by atoms with E-state index < -0.39 is 12.1 Å². The number of halogens is 2. The predicted octanol–water partition coefficient (Wildman–Crippen LogP) is 4.18. The zero-order valence-electron chi connectivity index (χ0n) is 10.4.